The fourth-order valence-corrected chi connectivity index (χ4v) is 2.15. The van der Waals surface area contributed by atoms with E-state index in [0.717, 1.165) is 29.8 Å². The van der Waals surface area contributed by atoms with Crippen LogP contribution in [0.4, 0.5) is 5.69 Å². The summed E-state index contributed by atoms with van der Waals surface area (Å²) in [6, 6.07) is 5.67. The molecule has 4 heteroatoms. The first kappa shape index (κ1) is 11.9. The number of benzene rings is 1. The second kappa shape index (κ2) is 5.19. The molecule has 1 amide bonds. The SMILES string of the molecule is COc1ccc2c(c1)C[C@@H](CCCO)C(=O)N2. The summed E-state index contributed by atoms with van der Waals surface area (Å²) >= 11 is 0. The van der Waals surface area contributed by atoms with Gasteiger partial charge in [0.05, 0.1) is 7.11 Å². The van der Waals surface area contributed by atoms with Gasteiger partial charge in [-0.15, -0.1) is 0 Å². The highest BCUT2D eigenvalue weighted by Gasteiger charge is 2.25. The molecule has 0 bridgehead atoms. The van der Waals surface area contributed by atoms with Crippen molar-refractivity contribution in [3.05, 3.63) is 23.8 Å². The molecule has 1 aliphatic rings. The highest BCUT2D eigenvalue weighted by Crippen LogP contribution is 2.30. The van der Waals surface area contributed by atoms with Crippen molar-refractivity contribution in [3.63, 3.8) is 0 Å². The molecule has 1 aromatic rings. The van der Waals surface area contributed by atoms with Crippen LogP contribution in [0.3, 0.4) is 0 Å². The van der Waals surface area contributed by atoms with Gasteiger partial charge < -0.3 is 15.2 Å². The number of rotatable bonds is 4. The molecule has 92 valence electrons. The Morgan fingerprint density at radius 2 is 2.35 bits per heavy atom. The second-order valence-electron chi connectivity index (χ2n) is 4.28. The lowest BCUT2D eigenvalue weighted by Gasteiger charge is -2.24. The van der Waals surface area contributed by atoms with E-state index in [-0.39, 0.29) is 18.4 Å². The third-order valence-electron chi connectivity index (χ3n) is 3.12. The molecule has 0 aromatic heterocycles. The minimum Gasteiger partial charge on any atom is -0.497 e. The predicted molar refractivity (Wildman–Crippen MR) is 65.1 cm³/mol. The molecule has 0 unspecified atom stereocenters. The van der Waals surface area contributed by atoms with Crippen LogP contribution in [0.15, 0.2) is 18.2 Å². The molecule has 1 aliphatic heterocycles. The van der Waals surface area contributed by atoms with Gasteiger partial charge in [0, 0.05) is 18.2 Å². The summed E-state index contributed by atoms with van der Waals surface area (Å²) < 4.78 is 5.17. The second-order valence-corrected chi connectivity index (χ2v) is 4.28. The normalized spacial score (nSPS) is 18.5. The Morgan fingerprint density at radius 1 is 1.53 bits per heavy atom. The average molecular weight is 235 g/mol. The number of aliphatic hydroxyl groups excluding tert-OH is 1. The van der Waals surface area contributed by atoms with E-state index in [2.05, 4.69) is 5.32 Å². The molecule has 0 saturated heterocycles. The lowest BCUT2D eigenvalue weighted by molar-refractivity contribution is -0.120. The fraction of sp³-hybridized carbons (Fsp3) is 0.462. The van der Waals surface area contributed by atoms with Crippen molar-refractivity contribution in [1.82, 2.24) is 0 Å². The van der Waals surface area contributed by atoms with Crippen molar-refractivity contribution in [1.29, 1.82) is 0 Å². The summed E-state index contributed by atoms with van der Waals surface area (Å²) in [5.74, 6) is 0.818. The number of carbonyl (C=O) groups excluding carboxylic acids is 1. The van der Waals surface area contributed by atoms with E-state index in [1.54, 1.807) is 7.11 Å². The first-order chi connectivity index (χ1) is 8.24. The largest absolute Gasteiger partial charge is 0.497 e. The topological polar surface area (TPSA) is 58.6 Å². The van der Waals surface area contributed by atoms with Crippen molar-refractivity contribution in [3.8, 4) is 5.75 Å². The van der Waals surface area contributed by atoms with Crippen molar-refractivity contribution < 1.29 is 14.6 Å². The number of methoxy groups -OCH3 is 1. The molecular weight excluding hydrogens is 218 g/mol. The van der Waals surface area contributed by atoms with Crippen molar-refractivity contribution in [2.45, 2.75) is 19.3 Å². The molecule has 0 radical (unpaired) electrons. The third kappa shape index (κ3) is 2.58. The molecule has 1 atom stereocenters. The van der Waals surface area contributed by atoms with Crippen LogP contribution < -0.4 is 10.1 Å². The van der Waals surface area contributed by atoms with Gasteiger partial charge in [0.15, 0.2) is 0 Å². The predicted octanol–water partition coefficient (Wildman–Crippen LogP) is 1.58. The Kier molecular flexibility index (Phi) is 3.64. The lowest BCUT2D eigenvalue weighted by Crippen LogP contribution is -2.30. The van der Waals surface area contributed by atoms with Gasteiger partial charge in [0.2, 0.25) is 5.91 Å². The van der Waals surface area contributed by atoms with E-state index in [0.29, 0.717) is 6.42 Å². The first-order valence-electron chi connectivity index (χ1n) is 5.83. The Bertz CT molecular complexity index is 417. The molecule has 1 heterocycles. The Balaban J connectivity index is 2.16. The summed E-state index contributed by atoms with van der Waals surface area (Å²) in [5, 5.41) is 11.7. The maximum absolute atomic E-state index is 11.8. The summed E-state index contributed by atoms with van der Waals surface area (Å²) in [5.41, 5.74) is 1.97. The van der Waals surface area contributed by atoms with Gasteiger partial charge in [-0.25, -0.2) is 0 Å². The maximum Gasteiger partial charge on any atom is 0.227 e. The first-order valence-corrected chi connectivity index (χ1v) is 5.83. The van der Waals surface area contributed by atoms with Gasteiger partial charge in [0.1, 0.15) is 5.75 Å². The van der Waals surface area contributed by atoms with E-state index in [4.69, 9.17) is 9.84 Å². The monoisotopic (exact) mass is 235 g/mol. The number of ether oxygens (including phenoxy) is 1. The number of aliphatic hydroxyl groups is 1. The number of hydrogen-bond donors (Lipinski definition) is 2. The van der Waals surface area contributed by atoms with Gasteiger partial charge >= 0.3 is 0 Å². The zero-order chi connectivity index (χ0) is 12.3. The minimum atomic E-state index is -0.0400. The van der Waals surface area contributed by atoms with Crippen LogP contribution in [-0.4, -0.2) is 24.7 Å². The number of carbonyl (C=O) groups is 1. The van der Waals surface area contributed by atoms with Crippen LogP contribution in [0.5, 0.6) is 5.75 Å². The van der Waals surface area contributed by atoms with Crippen LogP contribution >= 0.6 is 0 Å². The van der Waals surface area contributed by atoms with E-state index in [1.165, 1.54) is 0 Å². The quantitative estimate of drug-likeness (QED) is 0.833. The van der Waals surface area contributed by atoms with E-state index in [9.17, 15) is 4.79 Å². The molecule has 0 spiro atoms. The molecule has 0 fully saturated rings. The van der Waals surface area contributed by atoms with Crippen molar-refractivity contribution in [2.75, 3.05) is 19.0 Å². The number of fused-ring (bicyclic) bond motifs is 1. The molecular formula is C13H17NO3. The summed E-state index contributed by atoms with van der Waals surface area (Å²) in [4.78, 5) is 11.8. The van der Waals surface area contributed by atoms with E-state index < -0.39 is 0 Å². The molecule has 17 heavy (non-hydrogen) atoms. The smallest absolute Gasteiger partial charge is 0.227 e. The highest BCUT2D eigenvalue weighted by atomic mass is 16.5. The molecule has 1 aromatic carbocycles. The number of anilines is 1. The van der Waals surface area contributed by atoms with Gasteiger partial charge in [-0.2, -0.15) is 0 Å². The third-order valence-corrected chi connectivity index (χ3v) is 3.12. The van der Waals surface area contributed by atoms with E-state index >= 15 is 0 Å². The maximum atomic E-state index is 11.8. The van der Waals surface area contributed by atoms with Crippen molar-refractivity contribution in [2.24, 2.45) is 5.92 Å². The number of amides is 1. The zero-order valence-electron chi connectivity index (χ0n) is 9.90. The average Bonchev–Trinajstić information content (AvgIpc) is 2.35. The fourth-order valence-electron chi connectivity index (χ4n) is 2.15. The van der Waals surface area contributed by atoms with Crippen LogP contribution in [0.2, 0.25) is 0 Å². The van der Waals surface area contributed by atoms with Crippen LogP contribution in [0, 0.1) is 5.92 Å². The van der Waals surface area contributed by atoms with Crippen LogP contribution in [-0.2, 0) is 11.2 Å². The van der Waals surface area contributed by atoms with Gasteiger partial charge in [-0.05, 0) is 43.0 Å². The molecule has 0 aliphatic carbocycles. The molecule has 4 nitrogen and oxygen atoms in total. The highest BCUT2D eigenvalue weighted by molar-refractivity contribution is 5.95. The Labute approximate surface area is 101 Å². The van der Waals surface area contributed by atoms with E-state index in [1.807, 2.05) is 18.2 Å². The van der Waals surface area contributed by atoms with Crippen molar-refractivity contribution >= 4 is 11.6 Å². The molecule has 2 N–H and O–H groups in total. The number of nitrogens with one attached hydrogen (secondary N) is 1. The molecule has 2 rings (SSSR count). The molecule has 0 saturated carbocycles. The van der Waals surface area contributed by atoms with Gasteiger partial charge in [0.25, 0.3) is 0 Å². The Hall–Kier alpha value is -1.55. The van der Waals surface area contributed by atoms with Crippen LogP contribution in [0.25, 0.3) is 0 Å². The van der Waals surface area contributed by atoms with Gasteiger partial charge in [-0.1, -0.05) is 0 Å². The summed E-state index contributed by atoms with van der Waals surface area (Å²) in [7, 11) is 1.63. The lowest BCUT2D eigenvalue weighted by atomic mass is 9.90. The van der Waals surface area contributed by atoms with Crippen LogP contribution in [0.1, 0.15) is 18.4 Å². The summed E-state index contributed by atoms with van der Waals surface area (Å²) in [6.45, 7) is 0.134. The number of hydrogen-bond acceptors (Lipinski definition) is 3. The Morgan fingerprint density at radius 3 is 3.06 bits per heavy atom. The zero-order valence-corrected chi connectivity index (χ0v) is 9.90. The van der Waals surface area contributed by atoms with Gasteiger partial charge in [-0.3, -0.25) is 4.79 Å². The minimum absolute atomic E-state index is 0.0400. The standard InChI is InChI=1S/C13H17NO3/c1-17-11-4-5-12-10(8-11)7-9(3-2-6-15)13(16)14-12/h4-5,8-9,15H,2-3,6-7H2,1H3,(H,14,16)/t9-/m1/s1. The summed E-state index contributed by atoms with van der Waals surface area (Å²) in [6.07, 6.45) is 2.11.